The average Bonchev–Trinajstić information content (AvgIpc) is 2.43. The molecule has 0 bridgehead atoms. The van der Waals surface area contributed by atoms with Crippen molar-refractivity contribution in [2.75, 3.05) is 0 Å². The van der Waals surface area contributed by atoms with Gasteiger partial charge in [0.1, 0.15) is 17.8 Å². The van der Waals surface area contributed by atoms with Gasteiger partial charge in [0.25, 0.3) is 0 Å². The first kappa shape index (κ1) is 7.71. The van der Waals surface area contributed by atoms with Gasteiger partial charge in [-0.15, -0.1) is 10.2 Å². The molecule has 4 heteroatoms. The third-order valence-corrected chi connectivity index (χ3v) is 2.16. The minimum Gasteiger partial charge on any atom is -0.312 e. The van der Waals surface area contributed by atoms with E-state index in [2.05, 4.69) is 10.2 Å². The van der Waals surface area contributed by atoms with Crippen molar-refractivity contribution in [1.29, 1.82) is 0 Å². The van der Waals surface area contributed by atoms with Crippen molar-refractivity contribution >= 4 is 0 Å². The lowest BCUT2D eigenvalue weighted by Crippen LogP contribution is -2.07. The van der Waals surface area contributed by atoms with Crippen molar-refractivity contribution < 1.29 is 4.39 Å². The van der Waals surface area contributed by atoms with Gasteiger partial charge < -0.3 is 4.57 Å². The van der Waals surface area contributed by atoms with Gasteiger partial charge in [0.2, 0.25) is 0 Å². The van der Waals surface area contributed by atoms with Gasteiger partial charge in [-0.1, -0.05) is 13.8 Å². The molecular weight excluding hydrogens is 157 g/mol. The summed E-state index contributed by atoms with van der Waals surface area (Å²) < 4.78 is 14.8. The van der Waals surface area contributed by atoms with E-state index in [9.17, 15) is 4.39 Å². The predicted octanol–water partition coefficient (Wildman–Crippen LogP) is 1.30. The van der Waals surface area contributed by atoms with Crippen LogP contribution in [-0.4, -0.2) is 20.9 Å². The summed E-state index contributed by atoms with van der Waals surface area (Å²) in [5.74, 6) is 2.04. The molecule has 0 fully saturated rings. The molecule has 2 heterocycles. The van der Waals surface area contributed by atoms with Crippen LogP contribution in [0.1, 0.15) is 31.4 Å². The van der Waals surface area contributed by atoms with Gasteiger partial charge in [-0.25, -0.2) is 4.39 Å². The minimum absolute atomic E-state index is 0.330. The van der Waals surface area contributed by atoms with Gasteiger partial charge in [0.15, 0.2) is 0 Å². The Bertz CT molecular complexity index is 292. The van der Waals surface area contributed by atoms with Gasteiger partial charge in [0, 0.05) is 12.3 Å². The van der Waals surface area contributed by atoms with Crippen LogP contribution in [0.2, 0.25) is 0 Å². The van der Waals surface area contributed by atoms with Crippen LogP contribution >= 0.6 is 0 Å². The Labute approximate surface area is 70.6 Å². The monoisotopic (exact) mass is 169 g/mol. The number of alkyl halides is 1. The van der Waals surface area contributed by atoms with E-state index < -0.39 is 6.17 Å². The molecule has 0 aliphatic carbocycles. The Morgan fingerprint density at radius 2 is 2.25 bits per heavy atom. The number of halogens is 1. The molecule has 1 atom stereocenters. The first-order valence-electron chi connectivity index (χ1n) is 4.24. The van der Waals surface area contributed by atoms with E-state index in [0.29, 0.717) is 18.9 Å². The Hall–Kier alpha value is -0.930. The predicted molar refractivity (Wildman–Crippen MR) is 42.7 cm³/mol. The molecule has 3 nitrogen and oxygen atoms in total. The molecule has 1 aromatic rings. The van der Waals surface area contributed by atoms with Crippen LogP contribution in [0.4, 0.5) is 4.39 Å². The summed E-state index contributed by atoms with van der Waals surface area (Å²) in [7, 11) is 0. The molecule has 0 amide bonds. The quantitative estimate of drug-likeness (QED) is 0.634. The van der Waals surface area contributed by atoms with Crippen molar-refractivity contribution in [3.8, 4) is 0 Å². The summed E-state index contributed by atoms with van der Waals surface area (Å²) in [5.41, 5.74) is 0. The molecule has 2 rings (SSSR count). The lowest BCUT2D eigenvalue weighted by Gasteiger charge is -2.05. The fraction of sp³-hybridized carbons (Fsp3) is 0.750. The third kappa shape index (κ3) is 1.02. The lowest BCUT2D eigenvalue weighted by atomic mass is 10.2. The lowest BCUT2D eigenvalue weighted by molar-refractivity contribution is 0.324. The second-order valence-electron chi connectivity index (χ2n) is 3.54. The molecule has 1 aliphatic rings. The van der Waals surface area contributed by atoms with Crippen LogP contribution in [0.15, 0.2) is 0 Å². The van der Waals surface area contributed by atoms with Gasteiger partial charge >= 0.3 is 0 Å². The first-order valence-corrected chi connectivity index (χ1v) is 4.24. The Balaban J connectivity index is 2.37. The largest absolute Gasteiger partial charge is 0.312 e. The highest BCUT2D eigenvalue weighted by molar-refractivity contribution is 5.05. The zero-order valence-corrected chi connectivity index (χ0v) is 7.29. The van der Waals surface area contributed by atoms with Crippen molar-refractivity contribution in [3.05, 3.63) is 11.6 Å². The summed E-state index contributed by atoms with van der Waals surface area (Å²) in [6.45, 7) is 4.53. The molecule has 0 saturated heterocycles. The SMILES string of the molecule is CC(C)c1nnc2n1CC(F)C2. The molecular formula is C8H12FN3. The van der Waals surface area contributed by atoms with E-state index in [4.69, 9.17) is 0 Å². The number of aromatic nitrogens is 3. The van der Waals surface area contributed by atoms with Crippen LogP contribution < -0.4 is 0 Å². The number of nitrogens with zero attached hydrogens (tertiary/aromatic N) is 3. The summed E-state index contributed by atoms with van der Waals surface area (Å²) in [6, 6.07) is 0. The molecule has 66 valence electrons. The van der Waals surface area contributed by atoms with Gasteiger partial charge in [-0.3, -0.25) is 0 Å². The summed E-state index contributed by atoms with van der Waals surface area (Å²) >= 11 is 0. The van der Waals surface area contributed by atoms with Crippen molar-refractivity contribution in [1.82, 2.24) is 14.8 Å². The highest BCUT2D eigenvalue weighted by atomic mass is 19.1. The summed E-state index contributed by atoms with van der Waals surface area (Å²) in [4.78, 5) is 0. The standard InChI is InChI=1S/C8H12FN3/c1-5(2)8-11-10-7-3-6(9)4-12(7)8/h5-6H,3-4H2,1-2H3. The number of hydrogen-bond acceptors (Lipinski definition) is 2. The second-order valence-corrected chi connectivity index (χ2v) is 3.54. The Kier molecular flexibility index (Phi) is 1.63. The van der Waals surface area contributed by atoms with Gasteiger partial charge in [0.05, 0.1) is 6.54 Å². The molecule has 0 radical (unpaired) electrons. The summed E-state index contributed by atoms with van der Waals surface area (Å²) in [5, 5.41) is 7.96. The van der Waals surface area contributed by atoms with Gasteiger partial charge in [-0.05, 0) is 0 Å². The Morgan fingerprint density at radius 3 is 2.92 bits per heavy atom. The normalized spacial score (nSPS) is 21.8. The van der Waals surface area contributed by atoms with Crippen molar-refractivity contribution in [2.24, 2.45) is 0 Å². The van der Waals surface area contributed by atoms with Crippen LogP contribution in [0.3, 0.4) is 0 Å². The zero-order valence-electron chi connectivity index (χ0n) is 7.29. The van der Waals surface area contributed by atoms with Crippen LogP contribution in [0.5, 0.6) is 0 Å². The number of fused-ring (bicyclic) bond motifs is 1. The highest BCUT2D eigenvalue weighted by Crippen LogP contribution is 2.21. The topological polar surface area (TPSA) is 30.7 Å². The smallest absolute Gasteiger partial charge is 0.136 e. The molecule has 0 spiro atoms. The fourth-order valence-electron chi connectivity index (χ4n) is 1.59. The molecule has 0 aromatic carbocycles. The van der Waals surface area contributed by atoms with Crippen LogP contribution in [0.25, 0.3) is 0 Å². The first-order chi connectivity index (χ1) is 5.68. The molecule has 1 aromatic heterocycles. The average molecular weight is 169 g/mol. The van der Waals surface area contributed by atoms with E-state index in [1.807, 2.05) is 18.4 Å². The maximum absolute atomic E-state index is 12.9. The molecule has 1 unspecified atom stereocenters. The maximum Gasteiger partial charge on any atom is 0.136 e. The highest BCUT2D eigenvalue weighted by Gasteiger charge is 2.26. The number of rotatable bonds is 1. The molecule has 0 saturated carbocycles. The van der Waals surface area contributed by atoms with E-state index in [1.165, 1.54) is 0 Å². The minimum atomic E-state index is -0.756. The molecule has 0 N–H and O–H groups in total. The number of hydrogen-bond donors (Lipinski definition) is 0. The third-order valence-electron chi connectivity index (χ3n) is 2.16. The maximum atomic E-state index is 12.9. The van der Waals surface area contributed by atoms with E-state index in [-0.39, 0.29) is 0 Å². The fourth-order valence-corrected chi connectivity index (χ4v) is 1.59. The van der Waals surface area contributed by atoms with Crippen LogP contribution in [0, 0.1) is 0 Å². The van der Waals surface area contributed by atoms with Gasteiger partial charge in [-0.2, -0.15) is 0 Å². The van der Waals surface area contributed by atoms with Crippen LogP contribution in [-0.2, 0) is 13.0 Å². The molecule has 1 aliphatic heterocycles. The van der Waals surface area contributed by atoms with Crippen molar-refractivity contribution in [3.63, 3.8) is 0 Å². The van der Waals surface area contributed by atoms with E-state index >= 15 is 0 Å². The van der Waals surface area contributed by atoms with E-state index in [1.54, 1.807) is 0 Å². The van der Waals surface area contributed by atoms with Crippen molar-refractivity contribution in [2.45, 2.75) is 38.9 Å². The second kappa shape index (κ2) is 2.54. The summed E-state index contributed by atoms with van der Waals surface area (Å²) in [6.07, 6.45) is -0.326. The Morgan fingerprint density at radius 1 is 1.50 bits per heavy atom. The van der Waals surface area contributed by atoms with E-state index in [0.717, 1.165) is 11.6 Å². The molecule has 12 heavy (non-hydrogen) atoms. The zero-order chi connectivity index (χ0) is 8.72.